The number of alkyl halides is 3. The molecule has 0 aromatic heterocycles. The highest BCUT2D eigenvalue weighted by atomic mass is 32.2. The molecule has 2 nitrogen and oxygen atoms in total. The predicted octanol–water partition coefficient (Wildman–Crippen LogP) is 4.21. The first kappa shape index (κ1) is 17.2. The lowest BCUT2D eigenvalue weighted by atomic mass is 10.2. The number of hydrogen-bond acceptors (Lipinski definition) is 3. The normalized spacial score (nSPS) is 11.6. The number of rotatable bonds is 9. The molecule has 1 aromatic rings. The Morgan fingerprint density at radius 3 is 2.60 bits per heavy atom. The lowest BCUT2D eigenvalue weighted by molar-refractivity contribution is -0.274. The van der Waals surface area contributed by atoms with Crippen LogP contribution in [0.1, 0.15) is 24.8 Å². The van der Waals surface area contributed by atoms with E-state index in [1.165, 1.54) is 18.6 Å². The fourth-order valence-corrected chi connectivity index (χ4v) is 2.26. The number of halogens is 3. The zero-order valence-corrected chi connectivity index (χ0v) is 12.3. The van der Waals surface area contributed by atoms with Crippen LogP contribution in [0.4, 0.5) is 13.2 Å². The Hall–Kier alpha value is -0.880. The van der Waals surface area contributed by atoms with Crippen molar-refractivity contribution in [3.63, 3.8) is 0 Å². The van der Waals surface area contributed by atoms with E-state index in [1.807, 2.05) is 11.8 Å². The van der Waals surface area contributed by atoms with Crippen LogP contribution in [0.15, 0.2) is 24.3 Å². The topological polar surface area (TPSA) is 21.3 Å². The molecule has 0 aliphatic rings. The van der Waals surface area contributed by atoms with Gasteiger partial charge in [-0.25, -0.2) is 0 Å². The molecule has 0 amide bonds. The summed E-state index contributed by atoms with van der Waals surface area (Å²) in [5.41, 5.74) is 0.522. The van der Waals surface area contributed by atoms with Crippen LogP contribution in [0, 0.1) is 0 Å². The second-order valence-electron chi connectivity index (χ2n) is 4.39. The fourth-order valence-electron chi connectivity index (χ4n) is 1.77. The minimum absolute atomic E-state index is 0.130. The second kappa shape index (κ2) is 9.13. The summed E-state index contributed by atoms with van der Waals surface area (Å²) >= 11 is 1.83. The Morgan fingerprint density at radius 2 is 1.90 bits per heavy atom. The van der Waals surface area contributed by atoms with Crippen LogP contribution >= 0.6 is 11.8 Å². The summed E-state index contributed by atoms with van der Waals surface area (Å²) in [6, 6.07) is 6.22. The first-order valence-corrected chi connectivity index (χ1v) is 7.95. The molecule has 0 bridgehead atoms. The van der Waals surface area contributed by atoms with E-state index in [2.05, 4.69) is 16.3 Å². The van der Waals surface area contributed by atoms with Gasteiger partial charge in [-0.05, 0) is 37.5 Å². The summed E-state index contributed by atoms with van der Waals surface area (Å²) < 4.78 is 40.7. The van der Waals surface area contributed by atoms with Crippen LogP contribution in [0.2, 0.25) is 0 Å². The zero-order chi connectivity index (χ0) is 14.8. The number of ether oxygens (including phenoxy) is 1. The van der Waals surface area contributed by atoms with Gasteiger partial charge in [-0.2, -0.15) is 11.8 Å². The molecular weight excluding hydrogens is 287 g/mol. The van der Waals surface area contributed by atoms with E-state index in [0.29, 0.717) is 12.1 Å². The van der Waals surface area contributed by atoms with E-state index in [9.17, 15) is 13.2 Å². The van der Waals surface area contributed by atoms with Gasteiger partial charge in [0.1, 0.15) is 5.75 Å². The summed E-state index contributed by atoms with van der Waals surface area (Å²) in [5.74, 6) is 1.03. The minimum Gasteiger partial charge on any atom is -0.405 e. The van der Waals surface area contributed by atoms with Crippen molar-refractivity contribution in [3.8, 4) is 5.75 Å². The highest BCUT2D eigenvalue weighted by molar-refractivity contribution is 7.98. The molecule has 0 radical (unpaired) electrons. The summed E-state index contributed by atoms with van der Waals surface area (Å²) in [6.07, 6.45) is 0.776. The number of thioether (sulfide) groups is 1. The molecule has 0 spiro atoms. The molecule has 0 fully saturated rings. The maximum absolute atomic E-state index is 12.2. The maximum Gasteiger partial charge on any atom is 0.573 e. The summed E-state index contributed by atoms with van der Waals surface area (Å²) in [4.78, 5) is 0. The van der Waals surface area contributed by atoms with Crippen molar-refractivity contribution in [1.82, 2.24) is 5.32 Å². The highest BCUT2D eigenvalue weighted by Gasteiger charge is 2.31. The van der Waals surface area contributed by atoms with Gasteiger partial charge < -0.3 is 10.1 Å². The first-order chi connectivity index (χ1) is 9.53. The lowest BCUT2D eigenvalue weighted by Crippen LogP contribution is -2.20. The zero-order valence-electron chi connectivity index (χ0n) is 11.5. The van der Waals surface area contributed by atoms with E-state index in [4.69, 9.17) is 0 Å². The van der Waals surface area contributed by atoms with Crippen LogP contribution in [-0.2, 0) is 6.54 Å². The lowest BCUT2D eigenvalue weighted by Gasteiger charge is -2.13. The van der Waals surface area contributed by atoms with Crippen LogP contribution in [-0.4, -0.2) is 24.9 Å². The van der Waals surface area contributed by atoms with Crippen molar-refractivity contribution in [3.05, 3.63) is 29.8 Å². The van der Waals surface area contributed by atoms with Crippen molar-refractivity contribution in [2.45, 2.75) is 32.2 Å². The van der Waals surface area contributed by atoms with Crippen LogP contribution < -0.4 is 10.1 Å². The number of nitrogens with one attached hydrogen (secondary N) is 1. The Balaban J connectivity index is 2.33. The summed E-state index contributed by atoms with van der Waals surface area (Å²) in [5, 5.41) is 3.15. The highest BCUT2D eigenvalue weighted by Crippen LogP contribution is 2.25. The van der Waals surface area contributed by atoms with Gasteiger partial charge in [0.25, 0.3) is 0 Å². The van der Waals surface area contributed by atoms with Crippen molar-refractivity contribution < 1.29 is 17.9 Å². The SMILES string of the molecule is CSCCCCCNCc1ccccc1OC(F)(F)F. The second-order valence-corrected chi connectivity index (χ2v) is 5.37. The van der Waals surface area contributed by atoms with Gasteiger partial charge in [0.2, 0.25) is 0 Å². The van der Waals surface area contributed by atoms with Crippen molar-refractivity contribution in [1.29, 1.82) is 0 Å². The molecular formula is C14H20F3NOS. The molecule has 0 saturated carbocycles. The third-order valence-corrected chi connectivity index (χ3v) is 3.41. The third-order valence-electron chi connectivity index (χ3n) is 2.72. The number of unbranched alkanes of at least 4 members (excludes halogenated alkanes) is 2. The molecule has 20 heavy (non-hydrogen) atoms. The van der Waals surface area contributed by atoms with E-state index < -0.39 is 6.36 Å². The molecule has 0 atom stereocenters. The maximum atomic E-state index is 12.2. The van der Waals surface area contributed by atoms with Gasteiger partial charge in [0.05, 0.1) is 0 Å². The largest absolute Gasteiger partial charge is 0.573 e. The molecule has 1 N–H and O–H groups in total. The summed E-state index contributed by atoms with van der Waals surface area (Å²) in [6.45, 7) is 1.18. The predicted molar refractivity (Wildman–Crippen MR) is 77.1 cm³/mol. The molecule has 114 valence electrons. The summed E-state index contributed by atoms with van der Waals surface area (Å²) in [7, 11) is 0. The minimum atomic E-state index is -4.64. The van der Waals surface area contributed by atoms with Crippen molar-refractivity contribution in [2.24, 2.45) is 0 Å². The standard InChI is InChI=1S/C14H20F3NOS/c1-20-10-6-2-5-9-18-11-12-7-3-4-8-13(12)19-14(15,16)17/h3-4,7-8,18H,2,5-6,9-11H2,1H3. The number of hydrogen-bond donors (Lipinski definition) is 1. The van der Waals surface area contributed by atoms with E-state index in [1.54, 1.807) is 12.1 Å². The van der Waals surface area contributed by atoms with Gasteiger partial charge in [-0.3, -0.25) is 0 Å². The van der Waals surface area contributed by atoms with Gasteiger partial charge >= 0.3 is 6.36 Å². The molecule has 1 rings (SSSR count). The van der Waals surface area contributed by atoms with Crippen LogP contribution in [0.3, 0.4) is 0 Å². The van der Waals surface area contributed by atoms with Gasteiger partial charge in [0, 0.05) is 12.1 Å². The van der Waals surface area contributed by atoms with Crippen molar-refractivity contribution >= 4 is 11.8 Å². The molecule has 0 aliphatic carbocycles. The van der Waals surface area contributed by atoms with Crippen molar-refractivity contribution in [2.75, 3.05) is 18.6 Å². The Labute approximate surface area is 122 Å². The van der Waals surface area contributed by atoms with Crippen LogP contribution in [0.25, 0.3) is 0 Å². The molecule has 0 aliphatic heterocycles. The third kappa shape index (κ3) is 7.65. The molecule has 0 heterocycles. The molecule has 6 heteroatoms. The van der Waals surface area contributed by atoms with E-state index >= 15 is 0 Å². The number of benzene rings is 1. The molecule has 0 saturated heterocycles. The Morgan fingerprint density at radius 1 is 1.15 bits per heavy atom. The van der Waals surface area contributed by atoms with Crippen LogP contribution in [0.5, 0.6) is 5.75 Å². The Kier molecular flexibility index (Phi) is 7.84. The van der Waals surface area contributed by atoms with Gasteiger partial charge in [-0.1, -0.05) is 24.6 Å². The fraction of sp³-hybridized carbons (Fsp3) is 0.571. The quantitative estimate of drug-likeness (QED) is 0.691. The first-order valence-electron chi connectivity index (χ1n) is 6.56. The van der Waals surface area contributed by atoms with E-state index in [-0.39, 0.29) is 5.75 Å². The average molecular weight is 307 g/mol. The average Bonchev–Trinajstić information content (AvgIpc) is 2.38. The monoisotopic (exact) mass is 307 g/mol. The molecule has 1 aromatic carbocycles. The smallest absolute Gasteiger partial charge is 0.405 e. The van der Waals surface area contributed by atoms with Gasteiger partial charge in [-0.15, -0.1) is 13.2 Å². The molecule has 0 unspecified atom stereocenters. The Bertz CT molecular complexity index is 385. The number of para-hydroxylation sites is 1. The van der Waals surface area contributed by atoms with E-state index in [0.717, 1.165) is 25.1 Å². The van der Waals surface area contributed by atoms with Gasteiger partial charge in [0.15, 0.2) is 0 Å².